The zero-order valence-corrected chi connectivity index (χ0v) is 16.7. The fraction of sp³-hybridized carbons (Fsp3) is 0.632. The van der Waals surface area contributed by atoms with Gasteiger partial charge in [-0.15, -0.1) is 0 Å². The Morgan fingerprint density at radius 3 is 2.35 bits per heavy atom. The van der Waals surface area contributed by atoms with Gasteiger partial charge in [-0.05, 0) is 65.6 Å². The summed E-state index contributed by atoms with van der Waals surface area (Å²) in [6.45, 7) is 14.1. The molecule has 1 amide bonds. The Morgan fingerprint density at radius 1 is 1.15 bits per heavy atom. The summed E-state index contributed by atoms with van der Waals surface area (Å²) >= 11 is 0. The van der Waals surface area contributed by atoms with Crippen LogP contribution < -0.4 is 15.5 Å². The van der Waals surface area contributed by atoms with Crippen LogP contribution in [0.25, 0.3) is 0 Å². The van der Waals surface area contributed by atoms with Crippen molar-refractivity contribution in [1.82, 2.24) is 0 Å². The van der Waals surface area contributed by atoms with Crippen LogP contribution in [0.5, 0.6) is 5.75 Å². The Kier molecular flexibility index (Phi) is 4.52. The summed E-state index contributed by atoms with van der Waals surface area (Å²) < 4.78 is 23.4. The quantitative estimate of drug-likeness (QED) is 0.819. The number of hydrogen-bond acceptors (Lipinski definition) is 5. The highest BCUT2D eigenvalue weighted by Crippen LogP contribution is 2.38. The molecule has 0 aliphatic carbocycles. The molecule has 0 saturated carbocycles. The van der Waals surface area contributed by atoms with Gasteiger partial charge in [0.15, 0.2) is 0 Å². The lowest BCUT2D eigenvalue weighted by Gasteiger charge is -2.32. The minimum atomic E-state index is -0.572. The highest BCUT2D eigenvalue weighted by atomic mass is 16.7. The zero-order valence-electron chi connectivity index (χ0n) is 16.7. The van der Waals surface area contributed by atoms with Crippen molar-refractivity contribution < 1.29 is 23.6 Å². The standard InChI is InChI=1S/C19H28BNO5/c1-17(2,3)24-16(22)21-14-11-13(10-12-8-9-23-15(12)14)20-25-18(4,5)19(6,7)26-20/h10-11H,8-9H2,1-7H3,(H,21,22). The third-order valence-corrected chi connectivity index (χ3v) is 4.97. The maximum Gasteiger partial charge on any atom is 0.494 e. The first-order valence-electron chi connectivity index (χ1n) is 9.03. The Labute approximate surface area is 155 Å². The SMILES string of the molecule is CC(C)(C)OC(=O)Nc1cc(B2OC(C)(C)C(C)(C)O2)cc2c1OCC2. The molecule has 0 radical (unpaired) electrons. The Morgan fingerprint density at radius 2 is 1.77 bits per heavy atom. The lowest BCUT2D eigenvalue weighted by molar-refractivity contribution is 0.00578. The van der Waals surface area contributed by atoms with Crippen molar-refractivity contribution >= 4 is 24.4 Å². The van der Waals surface area contributed by atoms with Crippen molar-refractivity contribution in [2.45, 2.75) is 71.7 Å². The number of carbonyl (C=O) groups is 1. The molecular weight excluding hydrogens is 333 g/mol. The molecule has 0 unspecified atom stereocenters. The highest BCUT2D eigenvalue weighted by molar-refractivity contribution is 6.62. The first-order chi connectivity index (χ1) is 11.9. The van der Waals surface area contributed by atoms with Gasteiger partial charge in [0.2, 0.25) is 0 Å². The summed E-state index contributed by atoms with van der Waals surface area (Å²) in [5, 5.41) is 2.81. The molecule has 6 nitrogen and oxygen atoms in total. The molecule has 1 aromatic rings. The lowest BCUT2D eigenvalue weighted by atomic mass is 9.77. The maximum absolute atomic E-state index is 12.2. The monoisotopic (exact) mass is 361 g/mol. The smallest absolute Gasteiger partial charge is 0.491 e. The molecule has 26 heavy (non-hydrogen) atoms. The van der Waals surface area contributed by atoms with E-state index in [1.807, 2.05) is 60.6 Å². The molecule has 3 rings (SSSR count). The van der Waals surface area contributed by atoms with Crippen LogP contribution in [0, 0.1) is 0 Å². The van der Waals surface area contributed by atoms with Crippen molar-refractivity contribution in [2.75, 3.05) is 11.9 Å². The van der Waals surface area contributed by atoms with Crippen LogP contribution in [0.2, 0.25) is 0 Å². The number of amides is 1. The molecule has 1 N–H and O–H groups in total. The third kappa shape index (κ3) is 3.69. The van der Waals surface area contributed by atoms with Crippen LogP contribution in [-0.2, 0) is 20.5 Å². The summed E-state index contributed by atoms with van der Waals surface area (Å²) in [4.78, 5) is 12.2. The second kappa shape index (κ2) is 6.17. The molecule has 2 heterocycles. The largest absolute Gasteiger partial charge is 0.494 e. The normalized spacial score (nSPS) is 20.5. The van der Waals surface area contributed by atoms with E-state index in [2.05, 4.69) is 5.32 Å². The second-order valence-electron chi connectivity index (χ2n) is 8.87. The van der Waals surface area contributed by atoms with E-state index in [0.717, 1.165) is 17.4 Å². The van der Waals surface area contributed by atoms with Crippen molar-refractivity contribution in [1.29, 1.82) is 0 Å². The van der Waals surface area contributed by atoms with Crippen LogP contribution in [0.15, 0.2) is 12.1 Å². The maximum atomic E-state index is 12.2. The van der Waals surface area contributed by atoms with Gasteiger partial charge in [-0.25, -0.2) is 4.79 Å². The summed E-state index contributed by atoms with van der Waals surface area (Å²) in [7, 11) is -0.495. The second-order valence-corrected chi connectivity index (χ2v) is 8.87. The summed E-state index contributed by atoms with van der Waals surface area (Å²) in [6, 6.07) is 3.88. The van der Waals surface area contributed by atoms with Gasteiger partial charge in [0, 0.05) is 6.42 Å². The number of anilines is 1. The van der Waals surface area contributed by atoms with E-state index >= 15 is 0 Å². The lowest BCUT2D eigenvalue weighted by Crippen LogP contribution is -2.41. The van der Waals surface area contributed by atoms with Gasteiger partial charge in [-0.3, -0.25) is 5.32 Å². The third-order valence-electron chi connectivity index (χ3n) is 4.97. The van der Waals surface area contributed by atoms with Crippen molar-refractivity contribution in [3.05, 3.63) is 17.7 Å². The van der Waals surface area contributed by atoms with Gasteiger partial charge in [0.05, 0.1) is 23.5 Å². The van der Waals surface area contributed by atoms with E-state index in [4.69, 9.17) is 18.8 Å². The molecule has 1 saturated heterocycles. The summed E-state index contributed by atoms with van der Waals surface area (Å²) in [5.41, 5.74) is 1.05. The van der Waals surface area contributed by atoms with Gasteiger partial charge in [-0.2, -0.15) is 0 Å². The van der Waals surface area contributed by atoms with Crippen LogP contribution in [-0.4, -0.2) is 36.6 Å². The van der Waals surface area contributed by atoms with Crippen molar-refractivity contribution in [3.63, 3.8) is 0 Å². The first kappa shape index (κ1) is 19.0. The van der Waals surface area contributed by atoms with E-state index in [1.165, 1.54) is 0 Å². The van der Waals surface area contributed by atoms with Gasteiger partial charge in [-0.1, -0.05) is 6.07 Å². The molecule has 0 aromatic heterocycles. The Hall–Kier alpha value is -1.73. The number of benzene rings is 1. The molecule has 0 bridgehead atoms. The predicted octanol–water partition coefficient (Wildman–Crippen LogP) is 3.27. The molecule has 2 aliphatic rings. The number of fused-ring (bicyclic) bond motifs is 1. The van der Waals surface area contributed by atoms with Gasteiger partial charge >= 0.3 is 13.2 Å². The van der Waals surface area contributed by atoms with Gasteiger partial charge in [0.1, 0.15) is 11.4 Å². The summed E-state index contributed by atoms with van der Waals surface area (Å²) in [6.07, 6.45) is 0.271. The van der Waals surface area contributed by atoms with Crippen LogP contribution in [0.3, 0.4) is 0 Å². The average Bonchev–Trinajstić information content (AvgIpc) is 2.99. The molecule has 1 fully saturated rings. The summed E-state index contributed by atoms with van der Waals surface area (Å²) in [5.74, 6) is 0.691. The molecular formula is C19H28BNO5. The number of carbonyl (C=O) groups excluding carboxylic acids is 1. The predicted molar refractivity (Wildman–Crippen MR) is 101 cm³/mol. The molecule has 2 aliphatic heterocycles. The van der Waals surface area contributed by atoms with Gasteiger partial charge < -0.3 is 18.8 Å². The number of ether oxygens (including phenoxy) is 2. The topological polar surface area (TPSA) is 66.0 Å². The number of hydrogen-bond donors (Lipinski definition) is 1. The minimum absolute atomic E-state index is 0.425. The zero-order chi connectivity index (χ0) is 19.3. The Bertz CT molecular complexity index is 707. The van der Waals surface area contributed by atoms with Crippen molar-refractivity contribution in [3.8, 4) is 5.75 Å². The fourth-order valence-electron chi connectivity index (χ4n) is 2.95. The van der Waals surface area contributed by atoms with Gasteiger partial charge in [0.25, 0.3) is 0 Å². The number of rotatable bonds is 2. The van der Waals surface area contributed by atoms with Crippen LogP contribution in [0.4, 0.5) is 10.5 Å². The highest BCUT2D eigenvalue weighted by Gasteiger charge is 2.52. The molecule has 142 valence electrons. The molecule has 0 spiro atoms. The fourth-order valence-corrected chi connectivity index (χ4v) is 2.95. The van der Waals surface area contributed by atoms with E-state index in [-0.39, 0.29) is 0 Å². The molecule has 0 atom stereocenters. The van der Waals surface area contributed by atoms with Crippen molar-refractivity contribution in [2.24, 2.45) is 0 Å². The van der Waals surface area contributed by atoms with Crippen LogP contribution in [0.1, 0.15) is 54.0 Å². The minimum Gasteiger partial charge on any atom is -0.491 e. The van der Waals surface area contributed by atoms with E-state index in [9.17, 15) is 4.79 Å². The average molecular weight is 361 g/mol. The van der Waals surface area contributed by atoms with E-state index in [0.29, 0.717) is 18.0 Å². The molecule has 7 heteroatoms. The van der Waals surface area contributed by atoms with Crippen LogP contribution >= 0.6 is 0 Å². The first-order valence-corrected chi connectivity index (χ1v) is 9.03. The van der Waals surface area contributed by atoms with E-state index < -0.39 is 30.0 Å². The van der Waals surface area contributed by atoms with E-state index in [1.54, 1.807) is 0 Å². The Balaban J connectivity index is 1.89. The number of nitrogens with one attached hydrogen (secondary N) is 1. The molecule has 1 aromatic carbocycles.